The third-order valence-corrected chi connectivity index (χ3v) is 2.65. The SMILES string of the molecule is COC(=O)C1=C(C=C(C)C)CC(C)(C)C1=O. The number of methoxy groups -OCH3 is 1. The highest BCUT2D eigenvalue weighted by atomic mass is 16.5. The number of rotatable bonds is 2. The molecule has 0 aliphatic heterocycles. The van der Waals surface area contributed by atoms with Gasteiger partial charge in [0.25, 0.3) is 0 Å². The van der Waals surface area contributed by atoms with Crippen LogP contribution in [0.25, 0.3) is 0 Å². The molecule has 0 spiro atoms. The Morgan fingerprint density at radius 2 is 1.94 bits per heavy atom. The van der Waals surface area contributed by atoms with Crippen molar-refractivity contribution in [2.24, 2.45) is 5.41 Å². The van der Waals surface area contributed by atoms with Gasteiger partial charge in [0.2, 0.25) is 0 Å². The Balaban J connectivity index is 3.25. The molecule has 0 unspecified atom stereocenters. The van der Waals surface area contributed by atoms with Crippen molar-refractivity contribution in [1.82, 2.24) is 0 Å². The molecule has 0 aromatic rings. The average molecular weight is 222 g/mol. The van der Waals surface area contributed by atoms with Gasteiger partial charge in [0.05, 0.1) is 7.11 Å². The van der Waals surface area contributed by atoms with Crippen LogP contribution in [0.4, 0.5) is 0 Å². The first-order chi connectivity index (χ1) is 7.29. The van der Waals surface area contributed by atoms with Crippen molar-refractivity contribution in [2.45, 2.75) is 34.1 Å². The molecule has 0 fully saturated rings. The number of ether oxygens (including phenoxy) is 1. The van der Waals surface area contributed by atoms with E-state index in [1.54, 1.807) is 0 Å². The largest absolute Gasteiger partial charge is 0.465 e. The summed E-state index contributed by atoms with van der Waals surface area (Å²) in [6, 6.07) is 0. The van der Waals surface area contributed by atoms with Gasteiger partial charge in [0.15, 0.2) is 5.78 Å². The molecule has 0 heterocycles. The van der Waals surface area contributed by atoms with Crippen LogP contribution in [0.5, 0.6) is 0 Å². The van der Waals surface area contributed by atoms with Gasteiger partial charge in [-0.15, -0.1) is 0 Å². The topological polar surface area (TPSA) is 43.4 Å². The quantitative estimate of drug-likeness (QED) is 0.532. The van der Waals surface area contributed by atoms with Crippen molar-refractivity contribution in [1.29, 1.82) is 0 Å². The molecule has 0 amide bonds. The predicted molar refractivity (Wildman–Crippen MR) is 61.9 cm³/mol. The third-order valence-electron chi connectivity index (χ3n) is 2.65. The molecule has 1 rings (SSSR count). The second-order valence-corrected chi connectivity index (χ2v) is 5.00. The highest BCUT2D eigenvalue weighted by Crippen LogP contribution is 2.39. The zero-order chi connectivity index (χ0) is 12.5. The fraction of sp³-hybridized carbons (Fsp3) is 0.538. The number of ketones is 1. The number of Topliss-reactive ketones (excluding diaryl/α,β-unsaturated/α-hetero) is 1. The van der Waals surface area contributed by atoms with E-state index >= 15 is 0 Å². The third kappa shape index (κ3) is 2.23. The first-order valence-corrected chi connectivity index (χ1v) is 5.31. The van der Waals surface area contributed by atoms with E-state index in [0.717, 1.165) is 11.1 Å². The van der Waals surface area contributed by atoms with Crippen molar-refractivity contribution in [3.63, 3.8) is 0 Å². The van der Waals surface area contributed by atoms with E-state index in [1.165, 1.54) is 7.11 Å². The van der Waals surface area contributed by atoms with Crippen LogP contribution in [0, 0.1) is 5.41 Å². The summed E-state index contributed by atoms with van der Waals surface area (Å²) in [5, 5.41) is 0. The van der Waals surface area contributed by atoms with E-state index in [4.69, 9.17) is 0 Å². The minimum atomic E-state index is -0.525. The van der Waals surface area contributed by atoms with E-state index in [-0.39, 0.29) is 11.4 Å². The van der Waals surface area contributed by atoms with Crippen molar-refractivity contribution in [2.75, 3.05) is 7.11 Å². The van der Waals surface area contributed by atoms with Gasteiger partial charge in [-0.25, -0.2) is 4.79 Å². The fourth-order valence-corrected chi connectivity index (χ4v) is 1.93. The highest BCUT2D eigenvalue weighted by Gasteiger charge is 2.42. The van der Waals surface area contributed by atoms with Gasteiger partial charge >= 0.3 is 5.97 Å². The maximum absolute atomic E-state index is 12.0. The maximum atomic E-state index is 12.0. The number of carbonyl (C=O) groups is 2. The average Bonchev–Trinajstić information content (AvgIpc) is 2.36. The van der Waals surface area contributed by atoms with Gasteiger partial charge in [0.1, 0.15) is 5.57 Å². The number of hydrogen-bond donors (Lipinski definition) is 0. The van der Waals surface area contributed by atoms with Gasteiger partial charge in [0, 0.05) is 5.41 Å². The molecule has 0 atom stereocenters. The summed E-state index contributed by atoms with van der Waals surface area (Å²) in [4.78, 5) is 23.6. The van der Waals surface area contributed by atoms with Gasteiger partial charge in [-0.05, 0) is 25.8 Å². The second kappa shape index (κ2) is 4.24. The Labute approximate surface area is 96.2 Å². The lowest BCUT2D eigenvalue weighted by molar-refractivity contribution is -0.138. The molecule has 0 aromatic heterocycles. The maximum Gasteiger partial charge on any atom is 0.341 e. The van der Waals surface area contributed by atoms with Crippen molar-refractivity contribution in [3.8, 4) is 0 Å². The molecule has 0 N–H and O–H groups in total. The second-order valence-electron chi connectivity index (χ2n) is 5.00. The van der Waals surface area contributed by atoms with E-state index < -0.39 is 11.4 Å². The van der Waals surface area contributed by atoms with Crippen molar-refractivity contribution < 1.29 is 14.3 Å². The van der Waals surface area contributed by atoms with Crippen LogP contribution < -0.4 is 0 Å². The lowest BCUT2D eigenvalue weighted by Crippen LogP contribution is -2.23. The first-order valence-electron chi connectivity index (χ1n) is 5.31. The molecular weight excluding hydrogens is 204 g/mol. The van der Waals surface area contributed by atoms with E-state index in [0.29, 0.717) is 6.42 Å². The standard InChI is InChI=1S/C13H18O3/c1-8(2)6-9-7-13(3,4)11(14)10(9)12(15)16-5/h6H,7H2,1-5H3. The lowest BCUT2D eigenvalue weighted by atomic mass is 9.87. The summed E-state index contributed by atoms with van der Waals surface area (Å²) in [5.41, 5.74) is 1.59. The Bertz CT molecular complexity index is 393. The zero-order valence-corrected chi connectivity index (χ0v) is 10.5. The molecule has 0 saturated heterocycles. The van der Waals surface area contributed by atoms with Crippen LogP contribution in [0.1, 0.15) is 34.1 Å². The molecule has 0 saturated carbocycles. The normalized spacial score (nSPS) is 18.7. The van der Waals surface area contributed by atoms with Gasteiger partial charge < -0.3 is 4.74 Å². The smallest absolute Gasteiger partial charge is 0.341 e. The molecule has 88 valence electrons. The summed E-state index contributed by atoms with van der Waals surface area (Å²) >= 11 is 0. The molecule has 1 aliphatic rings. The molecule has 0 aromatic carbocycles. The first kappa shape index (κ1) is 12.7. The van der Waals surface area contributed by atoms with Gasteiger partial charge in [-0.1, -0.05) is 25.5 Å². The Kier molecular flexibility index (Phi) is 3.36. The highest BCUT2D eigenvalue weighted by molar-refractivity contribution is 6.22. The molecule has 0 radical (unpaired) electrons. The number of allylic oxidation sites excluding steroid dienone is 3. The molecule has 3 nitrogen and oxygen atoms in total. The minimum Gasteiger partial charge on any atom is -0.465 e. The van der Waals surface area contributed by atoms with Crippen LogP contribution in [-0.4, -0.2) is 18.9 Å². The summed E-state index contributed by atoms with van der Waals surface area (Å²) in [5.74, 6) is -0.644. The molecule has 16 heavy (non-hydrogen) atoms. The summed E-state index contributed by atoms with van der Waals surface area (Å²) in [7, 11) is 1.30. The lowest BCUT2D eigenvalue weighted by Gasteiger charge is -2.14. The van der Waals surface area contributed by atoms with E-state index in [2.05, 4.69) is 4.74 Å². The molecule has 1 aliphatic carbocycles. The van der Waals surface area contributed by atoms with Gasteiger partial charge in [-0.2, -0.15) is 0 Å². The van der Waals surface area contributed by atoms with Crippen LogP contribution in [-0.2, 0) is 14.3 Å². The summed E-state index contributed by atoms with van der Waals surface area (Å²) in [6.45, 7) is 7.59. The molecular formula is C13H18O3. The van der Waals surface area contributed by atoms with Crippen molar-refractivity contribution in [3.05, 3.63) is 22.8 Å². The zero-order valence-electron chi connectivity index (χ0n) is 10.5. The van der Waals surface area contributed by atoms with Crippen LogP contribution in [0.2, 0.25) is 0 Å². The van der Waals surface area contributed by atoms with E-state index in [9.17, 15) is 9.59 Å². The number of esters is 1. The van der Waals surface area contributed by atoms with E-state index in [1.807, 2.05) is 33.8 Å². The molecule has 3 heteroatoms. The number of carbonyl (C=O) groups excluding carboxylic acids is 2. The summed E-state index contributed by atoms with van der Waals surface area (Å²) < 4.78 is 4.66. The number of hydrogen-bond acceptors (Lipinski definition) is 3. The Hall–Kier alpha value is -1.38. The Morgan fingerprint density at radius 1 is 1.38 bits per heavy atom. The van der Waals surface area contributed by atoms with Crippen molar-refractivity contribution >= 4 is 11.8 Å². The monoisotopic (exact) mass is 222 g/mol. The van der Waals surface area contributed by atoms with Crippen LogP contribution >= 0.6 is 0 Å². The van der Waals surface area contributed by atoms with Crippen LogP contribution in [0.15, 0.2) is 22.8 Å². The summed E-state index contributed by atoms with van der Waals surface area (Å²) in [6.07, 6.45) is 2.49. The van der Waals surface area contributed by atoms with Crippen LogP contribution in [0.3, 0.4) is 0 Å². The predicted octanol–water partition coefficient (Wildman–Crippen LogP) is 2.42. The minimum absolute atomic E-state index is 0.119. The molecule has 0 bridgehead atoms. The Morgan fingerprint density at radius 3 is 2.38 bits per heavy atom. The van der Waals surface area contributed by atoms with Gasteiger partial charge in [-0.3, -0.25) is 4.79 Å². The fourth-order valence-electron chi connectivity index (χ4n) is 1.93.